The molecule has 3 aromatic rings. The van der Waals surface area contributed by atoms with Gasteiger partial charge < -0.3 is 9.30 Å². The Hall–Kier alpha value is -1.80. The fraction of sp³-hybridized carbons (Fsp3) is 0.200. The molecule has 2 aromatic carbocycles. The quantitative estimate of drug-likeness (QED) is 0.644. The van der Waals surface area contributed by atoms with Gasteiger partial charge in [-0.25, -0.2) is 0 Å². The maximum absolute atomic E-state index is 5.47. The van der Waals surface area contributed by atoms with Crippen LogP contribution in [0.5, 0.6) is 0 Å². The van der Waals surface area contributed by atoms with Gasteiger partial charge in [0.2, 0.25) is 0 Å². The normalized spacial score (nSPS) is 13.3. The van der Waals surface area contributed by atoms with E-state index in [1.165, 1.54) is 21.8 Å². The molecule has 0 radical (unpaired) electrons. The summed E-state index contributed by atoms with van der Waals surface area (Å²) in [6.07, 6.45) is 0.0415. The minimum Gasteiger partial charge on any atom is -0.362 e. The van der Waals surface area contributed by atoms with Gasteiger partial charge in [0.15, 0.2) is 0 Å². The molecule has 0 N–H and O–H groups in total. The first kappa shape index (κ1) is 10.4. The van der Waals surface area contributed by atoms with Gasteiger partial charge in [0.05, 0.1) is 11.0 Å². The van der Waals surface area contributed by atoms with Gasteiger partial charge in [-0.05, 0) is 19.1 Å². The van der Waals surface area contributed by atoms with Gasteiger partial charge in [0.1, 0.15) is 6.23 Å². The van der Waals surface area contributed by atoms with Gasteiger partial charge in [-0.1, -0.05) is 36.4 Å². The van der Waals surface area contributed by atoms with Crippen LogP contribution in [0, 0.1) is 0 Å². The Kier molecular flexibility index (Phi) is 2.37. The van der Waals surface area contributed by atoms with Crippen LogP contribution < -0.4 is 0 Å². The van der Waals surface area contributed by atoms with Crippen molar-refractivity contribution in [2.75, 3.05) is 7.11 Å². The topological polar surface area (TPSA) is 14.2 Å². The zero-order valence-corrected chi connectivity index (χ0v) is 10.1. The van der Waals surface area contributed by atoms with Gasteiger partial charge in [0, 0.05) is 17.9 Å². The molecule has 2 heteroatoms. The number of aromatic nitrogens is 1. The number of para-hydroxylation sites is 2. The summed E-state index contributed by atoms with van der Waals surface area (Å²) in [6.45, 7) is 2.07. The molecule has 0 saturated carbocycles. The van der Waals surface area contributed by atoms with Crippen molar-refractivity contribution in [3.05, 3.63) is 48.5 Å². The Morgan fingerprint density at radius 3 is 1.82 bits per heavy atom. The summed E-state index contributed by atoms with van der Waals surface area (Å²) >= 11 is 0. The number of fused-ring (bicyclic) bond motifs is 3. The lowest BCUT2D eigenvalue weighted by Gasteiger charge is -2.14. The van der Waals surface area contributed by atoms with E-state index in [1.54, 1.807) is 7.11 Å². The molecule has 2 nitrogen and oxygen atoms in total. The first-order valence-corrected chi connectivity index (χ1v) is 5.83. The molecule has 0 spiro atoms. The van der Waals surface area contributed by atoms with Crippen LogP contribution >= 0.6 is 0 Å². The molecular weight excluding hydrogens is 210 g/mol. The number of hydrogen-bond donors (Lipinski definition) is 0. The lowest BCUT2D eigenvalue weighted by atomic mass is 10.2. The zero-order valence-electron chi connectivity index (χ0n) is 10.1. The Bertz CT molecular complexity index is 616. The second kappa shape index (κ2) is 3.90. The van der Waals surface area contributed by atoms with Crippen molar-refractivity contribution in [3.63, 3.8) is 0 Å². The van der Waals surface area contributed by atoms with Crippen LogP contribution in [-0.2, 0) is 4.74 Å². The average Bonchev–Trinajstić information content (AvgIpc) is 2.72. The zero-order chi connectivity index (χ0) is 11.8. The summed E-state index contributed by atoms with van der Waals surface area (Å²) in [5.41, 5.74) is 2.45. The standard InChI is InChI=1S/C15H15NO/c1-11(17-2)16-14-9-5-3-7-12(14)13-8-4-6-10-15(13)16/h3-11H,1-2H3/t11-/m1/s1. The number of benzene rings is 2. The molecule has 0 bridgehead atoms. The highest BCUT2D eigenvalue weighted by molar-refractivity contribution is 6.08. The van der Waals surface area contributed by atoms with Crippen molar-refractivity contribution >= 4 is 21.8 Å². The molecule has 0 aliphatic rings. The maximum Gasteiger partial charge on any atom is 0.131 e. The fourth-order valence-electron chi connectivity index (χ4n) is 2.45. The van der Waals surface area contributed by atoms with Crippen molar-refractivity contribution < 1.29 is 4.74 Å². The van der Waals surface area contributed by atoms with Crippen LogP contribution in [0.3, 0.4) is 0 Å². The number of nitrogens with zero attached hydrogens (tertiary/aromatic N) is 1. The van der Waals surface area contributed by atoms with E-state index in [-0.39, 0.29) is 6.23 Å². The van der Waals surface area contributed by atoms with Crippen LogP contribution in [-0.4, -0.2) is 11.7 Å². The lowest BCUT2D eigenvalue weighted by Crippen LogP contribution is -2.06. The predicted molar refractivity (Wildman–Crippen MR) is 71.2 cm³/mol. The second-order valence-electron chi connectivity index (χ2n) is 4.24. The summed E-state index contributed by atoms with van der Waals surface area (Å²) < 4.78 is 7.71. The SMILES string of the molecule is CO[C@H](C)n1c2ccccc2c2ccccc21. The Balaban J connectivity index is 2.50. The van der Waals surface area contributed by atoms with Gasteiger partial charge >= 0.3 is 0 Å². The van der Waals surface area contributed by atoms with E-state index in [1.807, 2.05) is 0 Å². The number of hydrogen-bond acceptors (Lipinski definition) is 1. The predicted octanol–water partition coefficient (Wildman–Crippen LogP) is 3.96. The molecule has 1 atom stereocenters. The van der Waals surface area contributed by atoms with Crippen molar-refractivity contribution in [3.8, 4) is 0 Å². The van der Waals surface area contributed by atoms with E-state index in [0.717, 1.165) is 0 Å². The molecule has 0 unspecified atom stereocenters. The highest BCUT2D eigenvalue weighted by Gasteiger charge is 2.13. The lowest BCUT2D eigenvalue weighted by molar-refractivity contribution is 0.0675. The van der Waals surface area contributed by atoms with Crippen molar-refractivity contribution in [1.29, 1.82) is 0 Å². The number of ether oxygens (including phenoxy) is 1. The third-order valence-electron chi connectivity index (χ3n) is 3.32. The monoisotopic (exact) mass is 225 g/mol. The summed E-state index contributed by atoms with van der Waals surface area (Å²) in [5, 5.41) is 2.57. The molecule has 0 aliphatic carbocycles. The molecule has 3 rings (SSSR count). The third kappa shape index (κ3) is 1.45. The van der Waals surface area contributed by atoms with E-state index < -0.39 is 0 Å². The van der Waals surface area contributed by atoms with Gasteiger partial charge in [-0.3, -0.25) is 0 Å². The molecule has 1 aromatic heterocycles. The minimum absolute atomic E-state index is 0.0415. The molecule has 0 amide bonds. The minimum atomic E-state index is 0.0415. The molecule has 1 heterocycles. The smallest absolute Gasteiger partial charge is 0.131 e. The molecule has 86 valence electrons. The second-order valence-corrected chi connectivity index (χ2v) is 4.24. The van der Waals surface area contributed by atoms with Crippen molar-refractivity contribution in [2.45, 2.75) is 13.2 Å². The van der Waals surface area contributed by atoms with E-state index >= 15 is 0 Å². The molecular formula is C15H15NO. The van der Waals surface area contributed by atoms with Gasteiger partial charge in [-0.15, -0.1) is 0 Å². The van der Waals surface area contributed by atoms with Crippen molar-refractivity contribution in [2.24, 2.45) is 0 Å². The van der Waals surface area contributed by atoms with Gasteiger partial charge in [-0.2, -0.15) is 0 Å². The van der Waals surface area contributed by atoms with Crippen LogP contribution in [0.4, 0.5) is 0 Å². The summed E-state index contributed by atoms with van der Waals surface area (Å²) in [7, 11) is 1.74. The number of methoxy groups -OCH3 is 1. The summed E-state index contributed by atoms with van der Waals surface area (Å²) in [4.78, 5) is 0. The Labute approximate surface area is 100 Å². The van der Waals surface area contributed by atoms with E-state index in [2.05, 4.69) is 60.0 Å². The van der Waals surface area contributed by atoms with Crippen LogP contribution in [0.25, 0.3) is 21.8 Å². The highest BCUT2D eigenvalue weighted by atomic mass is 16.5. The van der Waals surface area contributed by atoms with Crippen LogP contribution in [0.1, 0.15) is 13.2 Å². The molecule has 0 fully saturated rings. The maximum atomic E-state index is 5.47. The molecule has 17 heavy (non-hydrogen) atoms. The van der Waals surface area contributed by atoms with Crippen LogP contribution in [0.2, 0.25) is 0 Å². The fourth-order valence-corrected chi connectivity index (χ4v) is 2.45. The van der Waals surface area contributed by atoms with Gasteiger partial charge in [0.25, 0.3) is 0 Å². The van der Waals surface area contributed by atoms with Crippen LogP contribution in [0.15, 0.2) is 48.5 Å². The molecule has 0 aliphatic heterocycles. The van der Waals surface area contributed by atoms with Crippen molar-refractivity contribution in [1.82, 2.24) is 4.57 Å². The molecule has 0 saturated heterocycles. The largest absolute Gasteiger partial charge is 0.362 e. The highest BCUT2D eigenvalue weighted by Crippen LogP contribution is 2.31. The Morgan fingerprint density at radius 1 is 0.882 bits per heavy atom. The Morgan fingerprint density at radius 2 is 1.35 bits per heavy atom. The first-order chi connectivity index (χ1) is 8.33. The summed E-state index contributed by atoms with van der Waals surface area (Å²) in [5.74, 6) is 0. The number of rotatable bonds is 2. The van der Waals surface area contributed by atoms with E-state index in [9.17, 15) is 0 Å². The van der Waals surface area contributed by atoms with E-state index in [4.69, 9.17) is 4.74 Å². The average molecular weight is 225 g/mol. The third-order valence-corrected chi connectivity index (χ3v) is 3.32. The first-order valence-electron chi connectivity index (χ1n) is 5.83. The summed E-state index contributed by atoms with van der Waals surface area (Å²) in [6, 6.07) is 16.9. The van der Waals surface area contributed by atoms with E-state index in [0.29, 0.717) is 0 Å².